The zero-order valence-corrected chi connectivity index (χ0v) is 32.3. The van der Waals surface area contributed by atoms with Gasteiger partial charge in [0.25, 0.3) is 11.2 Å². The first kappa shape index (κ1) is 40.2. The summed E-state index contributed by atoms with van der Waals surface area (Å²) in [6.07, 6.45) is -10.5. The maximum Gasteiger partial charge on any atom is 0.432 e. The molecule has 1 N–H and O–H groups in total. The lowest BCUT2D eigenvalue weighted by atomic mass is 9.92. The van der Waals surface area contributed by atoms with Gasteiger partial charge in [0.2, 0.25) is 0 Å². The third kappa shape index (κ3) is 6.00. The van der Waals surface area contributed by atoms with Crippen molar-refractivity contribution >= 4 is 55.6 Å². The number of aromatic nitrogens is 2. The van der Waals surface area contributed by atoms with E-state index in [0.29, 0.717) is 49.4 Å². The summed E-state index contributed by atoms with van der Waals surface area (Å²) in [5.74, 6) is -3.97. The molecule has 2 heterocycles. The molecule has 6 aromatic carbocycles. The van der Waals surface area contributed by atoms with E-state index in [1.165, 1.54) is 48.5 Å². The lowest BCUT2D eigenvalue weighted by Gasteiger charge is -2.32. The van der Waals surface area contributed by atoms with Crippen molar-refractivity contribution in [2.24, 2.45) is 0 Å². The maximum absolute atomic E-state index is 15.1. The van der Waals surface area contributed by atoms with Gasteiger partial charge in [0.15, 0.2) is 11.5 Å². The number of benzene rings is 6. The number of fused-ring (bicyclic) bond motifs is 6. The summed E-state index contributed by atoms with van der Waals surface area (Å²) < 4.78 is 114. The normalized spacial score (nSPS) is 14.4. The van der Waals surface area contributed by atoms with Gasteiger partial charge >= 0.3 is 24.3 Å². The molecule has 0 spiro atoms. The number of alkyl halides is 6. The van der Waals surface area contributed by atoms with Crippen LogP contribution in [0.5, 0.6) is 11.5 Å². The van der Waals surface area contributed by atoms with Crippen molar-refractivity contribution in [2.75, 3.05) is 14.2 Å². The van der Waals surface area contributed by atoms with Crippen LogP contribution in [0, 0.1) is 13.8 Å². The number of ether oxygens (including phenoxy) is 4. The second kappa shape index (κ2) is 14.6. The Hall–Kier alpha value is -6.64. The van der Waals surface area contributed by atoms with Crippen molar-refractivity contribution in [3.05, 3.63) is 150 Å². The van der Waals surface area contributed by atoms with Gasteiger partial charge in [0.1, 0.15) is 0 Å². The number of hydrogen-bond acceptors (Lipinski definition) is 6. The third-order valence-electron chi connectivity index (χ3n) is 10.8. The standard InChI is InChI=1S/C46H34F6N2O6/c1-26-23-32-30-19-12-14-22-34(30)54(40(32)36(24-26)60-42(56)44(58-4,46(50,51)52)29-17-9-6-10-18-29)39-27(2)25-35(38-37(39)31-20-11-13-21-33(31)53-38)59-41(55)43(57-3,45(47,48)49)28-15-7-5-8-16-28/h5-25,53H,1-4H3/t43-,44-/m0/s1. The first-order valence-corrected chi connectivity index (χ1v) is 18.5. The maximum atomic E-state index is 15.1. The van der Waals surface area contributed by atoms with E-state index < -0.39 is 46.6 Å². The highest BCUT2D eigenvalue weighted by molar-refractivity contribution is 6.18. The zero-order chi connectivity index (χ0) is 42.8. The summed E-state index contributed by atoms with van der Waals surface area (Å²) in [7, 11) is 1.55. The van der Waals surface area contributed by atoms with Gasteiger partial charge in [-0.25, -0.2) is 9.59 Å². The molecule has 8 nitrogen and oxygen atoms in total. The Morgan fingerprint density at radius 1 is 0.583 bits per heavy atom. The molecular weight excluding hydrogens is 791 g/mol. The largest absolute Gasteiger partial charge is 0.432 e. The Labute approximate surface area is 337 Å². The van der Waals surface area contributed by atoms with Crippen LogP contribution in [-0.2, 0) is 30.3 Å². The number of nitrogens with zero attached hydrogens (tertiary/aromatic N) is 1. The van der Waals surface area contributed by atoms with Crippen LogP contribution >= 0.6 is 0 Å². The van der Waals surface area contributed by atoms with Gasteiger partial charge in [-0.3, -0.25) is 0 Å². The molecule has 0 bridgehead atoms. The topological polar surface area (TPSA) is 91.8 Å². The second-order valence-electron chi connectivity index (χ2n) is 14.2. The van der Waals surface area contributed by atoms with Crippen LogP contribution in [0.4, 0.5) is 26.3 Å². The smallest absolute Gasteiger partial charge is 0.422 e. The average Bonchev–Trinajstić information content (AvgIpc) is 3.75. The lowest BCUT2D eigenvalue weighted by molar-refractivity contribution is -0.273. The number of esters is 2. The van der Waals surface area contributed by atoms with Crippen LogP contribution in [0.15, 0.2) is 127 Å². The van der Waals surface area contributed by atoms with Gasteiger partial charge in [-0.1, -0.05) is 97.1 Å². The number of nitrogens with one attached hydrogen (secondary N) is 1. The fourth-order valence-electron chi connectivity index (χ4n) is 8.10. The van der Waals surface area contributed by atoms with Crippen molar-refractivity contribution in [1.82, 2.24) is 9.55 Å². The second-order valence-corrected chi connectivity index (χ2v) is 14.2. The van der Waals surface area contributed by atoms with Gasteiger partial charge < -0.3 is 28.5 Å². The predicted molar refractivity (Wildman–Crippen MR) is 213 cm³/mol. The minimum atomic E-state index is -5.26. The minimum absolute atomic E-state index is 0.126. The summed E-state index contributed by atoms with van der Waals surface area (Å²) in [6.45, 7) is 3.35. The van der Waals surface area contributed by atoms with Crippen LogP contribution < -0.4 is 9.47 Å². The molecule has 8 aromatic rings. The molecule has 2 atom stereocenters. The van der Waals surface area contributed by atoms with Crippen molar-refractivity contribution in [2.45, 2.75) is 37.4 Å². The number of aromatic amines is 1. The van der Waals surface area contributed by atoms with Crippen molar-refractivity contribution in [3.8, 4) is 17.2 Å². The Morgan fingerprint density at radius 3 is 1.63 bits per heavy atom. The molecule has 8 rings (SSSR count). The van der Waals surface area contributed by atoms with Crippen LogP contribution in [0.2, 0.25) is 0 Å². The highest BCUT2D eigenvalue weighted by Gasteiger charge is 2.65. The molecule has 60 heavy (non-hydrogen) atoms. The number of carbonyl (C=O) groups excluding carboxylic acids is 2. The number of H-pyrrole nitrogens is 1. The summed E-state index contributed by atoms with van der Waals surface area (Å²) in [4.78, 5) is 31.3. The third-order valence-corrected chi connectivity index (χ3v) is 10.8. The van der Waals surface area contributed by atoms with Crippen molar-refractivity contribution in [1.29, 1.82) is 0 Å². The molecule has 14 heteroatoms. The van der Waals surface area contributed by atoms with E-state index in [1.807, 2.05) is 0 Å². The van der Waals surface area contributed by atoms with E-state index in [-0.39, 0.29) is 22.5 Å². The Balaban J connectivity index is 1.40. The molecule has 0 saturated heterocycles. The van der Waals surface area contributed by atoms with Gasteiger partial charge in [-0.05, 0) is 55.3 Å². The molecule has 0 radical (unpaired) electrons. The monoisotopic (exact) mass is 824 g/mol. The van der Waals surface area contributed by atoms with E-state index in [2.05, 4.69) is 4.98 Å². The zero-order valence-electron chi connectivity index (χ0n) is 32.3. The number of halogens is 6. The molecule has 0 aliphatic heterocycles. The summed E-state index contributed by atoms with van der Waals surface area (Å²) in [5.41, 5.74) is -5.27. The highest BCUT2D eigenvalue weighted by atomic mass is 19.4. The fraction of sp³-hybridized carbons (Fsp3) is 0.174. The Bertz CT molecular complexity index is 2960. The van der Waals surface area contributed by atoms with Gasteiger partial charge in [-0.15, -0.1) is 0 Å². The highest BCUT2D eigenvalue weighted by Crippen LogP contribution is 2.48. The average molecular weight is 825 g/mol. The van der Waals surface area contributed by atoms with Crippen LogP contribution in [0.3, 0.4) is 0 Å². The van der Waals surface area contributed by atoms with Crippen LogP contribution in [0.1, 0.15) is 22.3 Å². The number of aryl methyl sites for hydroxylation is 2. The predicted octanol–water partition coefficient (Wildman–Crippen LogP) is 11.1. The van der Waals surface area contributed by atoms with Crippen LogP contribution in [-0.4, -0.2) is 48.1 Å². The molecule has 0 unspecified atom stereocenters. The molecular formula is C46H34F6N2O6. The number of hydrogen-bond donors (Lipinski definition) is 1. The van der Waals surface area contributed by atoms with Gasteiger partial charge in [-0.2, -0.15) is 26.3 Å². The molecule has 0 saturated carbocycles. The summed E-state index contributed by atoms with van der Waals surface area (Å²) in [6, 6.07) is 31.6. The van der Waals surface area contributed by atoms with Crippen LogP contribution in [0.25, 0.3) is 49.3 Å². The van der Waals surface area contributed by atoms with Gasteiger partial charge in [0, 0.05) is 52.4 Å². The molecule has 2 aromatic heterocycles. The molecule has 306 valence electrons. The number of methoxy groups -OCH3 is 2. The van der Waals surface area contributed by atoms with Crippen molar-refractivity contribution in [3.63, 3.8) is 0 Å². The summed E-state index contributed by atoms with van der Waals surface area (Å²) in [5, 5.41) is 2.11. The fourth-order valence-corrected chi connectivity index (χ4v) is 8.10. The van der Waals surface area contributed by atoms with E-state index in [1.54, 1.807) is 73.0 Å². The van der Waals surface area contributed by atoms with E-state index in [4.69, 9.17) is 18.9 Å². The minimum Gasteiger partial charge on any atom is -0.422 e. The Morgan fingerprint density at radius 2 is 1.08 bits per heavy atom. The van der Waals surface area contributed by atoms with E-state index in [9.17, 15) is 22.8 Å². The quantitative estimate of drug-likeness (QED) is 0.0885. The number of para-hydroxylation sites is 2. The number of carbonyl (C=O) groups is 2. The summed E-state index contributed by atoms with van der Waals surface area (Å²) >= 11 is 0. The Kier molecular flexibility index (Phi) is 9.75. The molecule has 0 amide bonds. The molecule has 0 aliphatic carbocycles. The van der Waals surface area contributed by atoms with E-state index >= 15 is 13.2 Å². The first-order valence-electron chi connectivity index (χ1n) is 18.5. The number of rotatable bonds is 9. The molecule has 0 fully saturated rings. The molecule has 0 aliphatic rings. The lowest BCUT2D eigenvalue weighted by Crippen LogP contribution is -2.52. The van der Waals surface area contributed by atoms with Crippen molar-refractivity contribution < 1.29 is 54.9 Å². The van der Waals surface area contributed by atoms with E-state index in [0.717, 1.165) is 38.5 Å². The first-order chi connectivity index (χ1) is 28.6. The van der Waals surface area contributed by atoms with Gasteiger partial charge in [0.05, 0.1) is 22.2 Å². The SMILES string of the molecule is CO[C@](C(=O)Oc1cc(C)c(-n2c3ccccc3c3cc(C)cc(OC(=O)[C@@](OC)(c4ccccc4)C(F)(F)F)c32)c2c1[nH]c1ccccc12)(c1ccccc1)C(F)(F)F.